The minimum Gasteiger partial charge on any atom is -0.446 e. The van der Waals surface area contributed by atoms with Crippen LogP contribution in [0.5, 0.6) is 0 Å². The van der Waals surface area contributed by atoms with Crippen LogP contribution >= 0.6 is 0 Å². The van der Waals surface area contributed by atoms with Gasteiger partial charge in [0.05, 0.1) is 0 Å². The van der Waals surface area contributed by atoms with E-state index >= 15 is 0 Å². The molecule has 4 heteroatoms. The summed E-state index contributed by atoms with van der Waals surface area (Å²) in [6.07, 6.45) is 5.16. The van der Waals surface area contributed by atoms with Crippen LogP contribution in [0.4, 0.5) is 4.79 Å². The largest absolute Gasteiger partial charge is 0.446 e. The van der Waals surface area contributed by atoms with Crippen LogP contribution in [-0.4, -0.2) is 23.8 Å². The molecular formula is C16H23NO3. The maximum atomic E-state index is 11.7. The van der Waals surface area contributed by atoms with E-state index in [1.807, 2.05) is 30.3 Å². The number of hydrogen-bond acceptors (Lipinski definition) is 3. The Kier molecular flexibility index (Phi) is 5.01. The van der Waals surface area contributed by atoms with Gasteiger partial charge in [0, 0.05) is 6.04 Å². The van der Waals surface area contributed by atoms with Gasteiger partial charge in [0.25, 0.3) is 0 Å². The highest BCUT2D eigenvalue weighted by molar-refractivity contribution is 5.67. The summed E-state index contributed by atoms with van der Waals surface area (Å²) in [4.78, 5) is 11.7. The van der Waals surface area contributed by atoms with Crippen LogP contribution in [0, 0.1) is 0 Å². The summed E-state index contributed by atoms with van der Waals surface area (Å²) in [6, 6.07) is 9.46. The van der Waals surface area contributed by atoms with Crippen molar-refractivity contribution >= 4 is 6.09 Å². The molecule has 1 atom stereocenters. The Morgan fingerprint density at radius 3 is 2.60 bits per heavy atom. The molecule has 1 aromatic carbocycles. The molecule has 0 saturated heterocycles. The Morgan fingerprint density at radius 1 is 1.30 bits per heavy atom. The number of carbonyl (C=O) groups excluding carboxylic acids is 1. The zero-order chi connectivity index (χ0) is 14.4. The third kappa shape index (κ3) is 4.23. The summed E-state index contributed by atoms with van der Waals surface area (Å²) in [5, 5.41) is 13.2. The van der Waals surface area contributed by atoms with Crippen molar-refractivity contribution < 1.29 is 14.6 Å². The number of hydrogen-bond donors (Lipinski definition) is 2. The van der Waals surface area contributed by atoms with Crippen molar-refractivity contribution in [3.05, 3.63) is 35.9 Å². The van der Waals surface area contributed by atoms with Crippen LogP contribution in [0.15, 0.2) is 30.3 Å². The summed E-state index contributed by atoms with van der Waals surface area (Å²) < 4.78 is 5.16. The molecular weight excluding hydrogens is 254 g/mol. The van der Waals surface area contributed by atoms with Gasteiger partial charge >= 0.3 is 6.09 Å². The Morgan fingerprint density at radius 2 is 1.95 bits per heavy atom. The molecule has 1 aliphatic carbocycles. The van der Waals surface area contributed by atoms with E-state index in [9.17, 15) is 9.90 Å². The second-order valence-corrected chi connectivity index (χ2v) is 5.70. The number of ether oxygens (including phenoxy) is 1. The van der Waals surface area contributed by atoms with Crippen molar-refractivity contribution in [1.82, 2.24) is 5.32 Å². The minimum absolute atomic E-state index is 0.0461. The average Bonchev–Trinajstić information content (AvgIpc) is 2.47. The van der Waals surface area contributed by atoms with E-state index in [4.69, 9.17) is 4.74 Å². The second-order valence-electron chi connectivity index (χ2n) is 5.70. The van der Waals surface area contributed by atoms with Gasteiger partial charge in [0.1, 0.15) is 12.2 Å². The summed E-state index contributed by atoms with van der Waals surface area (Å²) in [5.41, 5.74) is -0.420. The Labute approximate surface area is 120 Å². The summed E-state index contributed by atoms with van der Waals surface area (Å²) >= 11 is 0. The highest BCUT2D eigenvalue weighted by atomic mass is 16.6. The first-order valence-electron chi connectivity index (χ1n) is 7.29. The lowest BCUT2D eigenvalue weighted by Gasteiger charge is -2.26. The lowest BCUT2D eigenvalue weighted by molar-refractivity contribution is -0.0122. The standard InChI is InChI=1S/C16H23NO3/c1-16(19,13-8-4-2-5-9-13)12-20-15(18)17-14-10-6-3-7-11-14/h2,4-5,8-9,14,19H,3,6-7,10-12H2,1H3,(H,17,18). The van der Waals surface area contributed by atoms with Crippen LogP contribution in [0.3, 0.4) is 0 Å². The SMILES string of the molecule is CC(O)(COC(=O)NC1CCCCC1)c1ccccc1. The van der Waals surface area contributed by atoms with Crippen LogP contribution < -0.4 is 5.32 Å². The molecule has 0 aliphatic heterocycles. The molecule has 1 aliphatic rings. The van der Waals surface area contributed by atoms with E-state index in [1.54, 1.807) is 6.92 Å². The van der Waals surface area contributed by atoms with Crippen molar-refractivity contribution in [3.8, 4) is 0 Å². The number of carbonyl (C=O) groups is 1. The van der Waals surface area contributed by atoms with E-state index in [0.717, 1.165) is 31.2 Å². The second kappa shape index (κ2) is 6.75. The van der Waals surface area contributed by atoms with Gasteiger partial charge in [-0.05, 0) is 25.3 Å². The van der Waals surface area contributed by atoms with Gasteiger partial charge in [-0.3, -0.25) is 0 Å². The molecule has 110 valence electrons. The smallest absolute Gasteiger partial charge is 0.407 e. The first-order valence-corrected chi connectivity index (χ1v) is 7.29. The summed E-state index contributed by atoms with van der Waals surface area (Å²) in [7, 11) is 0. The topological polar surface area (TPSA) is 58.6 Å². The number of benzene rings is 1. The van der Waals surface area contributed by atoms with Crippen LogP contribution in [0.25, 0.3) is 0 Å². The first-order chi connectivity index (χ1) is 9.58. The van der Waals surface area contributed by atoms with E-state index < -0.39 is 11.7 Å². The number of rotatable bonds is 4. The van der Waals surface area contributed by atoms with Gasteiger partial charge in [0.15, 0.2) is 0 Å². The molecule has 2 rings (SSSR count). The molecule has 1 fully saturated rings. The molecule has 4 nitrogen and oxygen atoms in total. The number of nitrogens with one attached hydrogen (secondary N) is 1. The quantitative estimate of drug-likeness (QED) is 0.889. The van der Waals surface area contributed by atoms with Crippen LogP contribution in [-0.2, 0) is 10.3 Å². The maximum absolute atomic E-state index is 11.7. The average molecular weight is 277 g/mol. The monoisotopic (exact) mass is 277 g/mol. The molecule has 0 radical (unpaired) electrons. The predicted molar refractivity (Wildman–Crippen MR) is 77.4 cm³/mol. The number of alkyl carbamates (subject to hydrolysis) is 1. The van der Waals surface area contributed by atoms with Crippen molar-refractivity contribution in [1.29, 1.82) is 0 Å². The van der Waals surface area contributed by atoms with Gasteiger partial charge in [-0.2, -0.15) is 0 Å². The zero-order valence-electron chi connectivity index (χ0n) is 12.0. The molecule has 1 aromatic rings. The third-order valence-corrected chi connectivity index (χ3v) is 3.81. The molecule has 0 aromatic heterocycles. The van der Waals surface area contributed by atoms with E-state index in [0.29, 0.717) is 0 Å². The van der Waals surface area contributed by atoms with Gasteiger partial charge in [-0.15, -0.1) is 0 Å². The molecule has 0 spiro atoms. The summed E-state index contributed by atoms with van der Waals surface area (Å²) in [6.45, 7) is 1.60. The predicted octanol–water partition coefficient (Wildman–Crippen LogP) is 2.95. The molecule has 1 unspecified atom stereocenters. The minimum atomic E-state index is -1.16. The van der Waals surface area contributed by atoms with E-state index in [1.165, 1.54) is 6.42 Å². The molecule has 0 bridgehead atoms. The van der Waals surface area contributed by atoms with Crippen LogP contribution in [0.1, 0.15) is 44.6 Å². The van der Waals surface area contributed by atoms with Crippen LogP contribution in [0.2, 0.25) is 0 Å². The van der Waals surface area contributed by atoms with Crippen molar-refractivity contribution in [2.75, 3.05) is 6.61 Å². The Bertz CT molecular complexity index is 425. The van der Waals surface area contributed by atoms with Crippen molar-refractivity contribution in [3.63, 3.8) is 0 Å². The molecule has 0 heterocycles. The molecule has 20 heavy (non-hydrogen) atoms. The van der Waals surface area contributed by atoms with Gasteiger partial charge < -0.3 is 15.2 Å². The van der Waals surface area contributed by atoms with E-state index in [2.05, 4.69) is 5.32 Å². The van der Waals surface area contributed by atoms with Gasteiger partial charge in [-0.1, -0.05) is 49.6 Å². The van der Waals surface area contributed by atoms with Crippen molar-refractivity contribution in [2.45, 2.75) is 50.7 Å². The van der Waals surface area contributed by atoms with Gasteiger partial charge in [0.2, 0.25) is 0 Å². The van der Waals surface area contributed by atoms with Crippen molar-refractivity contribution in [2.24, 2.45) is 0 Å². The lowest BCUT2D eigenvalue weighted by atomic mass is 9.96. The van der Waals surface area contributed by atoms with Gasteiger partial charge in [-0.25, -0.2) is 4.79 Å². The summed E-state index contributed by atoms with van der Waals surface area (Å²) in [5.74, 6) is 0. The normalized spacial score (nSPS) is 19.1. The Hall–Kier alpha value is -1.55. The highest BCUT2D eigenvalue weighted by Crippen LogP contribution is 2.21. The number of aliphatic hydroxyl groups is 1. The fourth-order valence-corrected chi connectivity index (χ4v) is 2.54. The van der Waals surface area contributed by atoms with E-state index in [-0.39, 0.29) is 12.6 Å². The molecule has 1 amide bonds. The highest BCUT2D eigenvalue weighted by Gasteiger charge is 2.25. The molecule has 2 N–H and O–H groups in total. The molecule has 1 saturated carbocycles. The zero-order valence-corrected chi connectivity index (χ0v) is 12.0. The Balaban J connectivity index is 1.80. The maximum Gasteiger partial charge on any atom is 0.407 e. The number of amides is 1. The fourth-order valence-electron chi connectivity index (χ4n) is 2.54. The fraction of sp³-hybridized carbons (Fsp3) is 0.562. The first kappa shape index (κ1) is 14.9. The third-order valence-electron chi connectivity index (χ3n) is 3.81. The lowest BCUT2D eigenvalue weighted by Crippen LogP contribution is -2.39.